The van der Waals surface area contributed by atoms with Gasteiger partial charge in [0, 0.05) is 57.9 Å². The fourth-order valence-electron chi connectivity index (χ4n) is 5.65. The molecule has 9 rings (SSSR count). The van der Waals surface area contributed by atoms with Gasteiger partial charge in [0.2, 0.25) is 0 Å². The average molecular weight is 598 g/mol. The summed E-state index contributed by atoms with van der Waals surface area (Å²) in [6.45, 7) is 0. The molecular weight excluding hydrogens is 581 g/mol. The van der Waals surface area contributed by atoms with E-state index in [0.29, 0.717) is 56.7 Å². The Morgan fingerprint density at radius 2 is 0.786 bits per heavy atom. The van der Waals surface area contributed by atoms with Gasteiger partial charge < -0.3 is 9.97 Å². The summed E-state index contributed by atoms with van der Waals surface area (Å²) in [5.74, 6) is 1.54. The van der Waals surface area contributed by atoms with Crippen molar-refractivity contribution in [3.63, 3.8) is 0 Å². The van der Waals surface area contributed by atoms with Crippen molar-refractivity contribution in [2.75, 3.05) is 0 Å². The van der Waals surface area contributed by atoms with Crippen LogP contribution in [0.25, 0.3) is 89.7 Å². The Labute approximate surface area is 249 Å². The third-order valence-electron chi connectivity index (χ3n) is 7.53. The number of hydrogen-bond acceptors (Lipinski definition) is 6. The van der Waals surface area contributed by atoms with E-state index in [2.05, 4.69) is 9.97 Å². The molecule has 0 fully saturated rings. The quantitative estimate of drug-likeness (QED) is 0.182. The monoisotopic (exact) mass is 596 g/mol. The van der Waals surface area contributed by atoms with Gasteiger partial charge in [0.25, 0.3) is 0 Å². The molecule has 0 atom stereocenters. The van der Waals surface area contributed by atoms with Crippen LogP contribution in [0.15, 0.2) is 91.0 Å². The van der Waals surface area contributed by atoms with Gasteiger partial charge in [0.15, 0.2) is 23.3 Å². The van der Waals surface area contributed by atoms with E-state index in [9.17, 15) is 0 Å². The fraction of sp³-hybridized carbons (Fsp3) is 0. The van der Waals surface area contributed by atoms with Gasteiger partial charge in [-0.1, -0.05) is 84.9 Å². The van der Waals surface area contributed by atoms with Crippen LogP contribution >= 0.6 is 0 Å². The smallest absolute Gasteiger partial charge is 0.164 e. The molecule has 0 aliphatic carbocycles. The third-order valence-corrected chi connectivity index (χ3v) is 7.53. The number of nitrogens with zero attached hydrogens (tertiary/aromatic N) is 6. The van der Waals surface area contributed by atoms with Crippen molar-refractivity contribution >= 4 is 44.1 Å². The second kappa shape index (κ2) is 9.16. The summed E-state index contributed by atoms with van der Waals surface area (Å²) in [7, 11) is 0. The maximum atomic E-state index is 15.3. The number of rotatable bonds is 0. The number of H-pyrrole nitrogens is 2. The zero-order valence-corrected chi connectivity index (χ0v) is 24.9. The minimum atomic E-state index is -0.404. The number of nitrogens with one attached hydrogen (secondary N) is 2. The molecule has 3 aromatic heterocycles. The van der Waals surface area contributed by atoms with Crippen LogP contribution in [-0.2, 0) is 19.5 Å². The Balaban J connectivity index is 0.00000267. The molecule has 0 amide bonds. The van der Waals surface area contributed by atoms with Crippen LogP contribution in [0.4, 0.5) is 4.39 Å². The van der Waals surface area contributed by atoms with Gasteiger partial charge in [0.05, 0.1) is 5.39 Å². The predicted octanol–water partition coefficient (Wildman–Crippen LogP) is 7.01. The summed E-state index contributed by atoms with van der Waals surface area (Å²) in [4.78, 5) is 36.0. The maximum Gasteiger partial charge on any atom is 0.164 e. The van der Waals surface area contributed by atoms with Crippen LogP contribution in [0.1, 0.15) is 0 Å². The molecular formula is C32H17FN8Zn. The largest absolute Gasteiger partial charge is 0.324 e. The van der Waals surface area contributed by atoms with E-state index in [1.807, 2.05) is 78.9 Å². The number of aromatic nitrogens is 8. The third kappa shape index (κ3) is 3.55. The molecule has 8 nitrogen and oxygen atoms in total. The predicted molar refractivity (Wildman–Crippen MR) is 156 cm³/mol. The van der Waals surface area contributed by atoms with E-state index in [1.54, 1.807) is 6.07 Å². The first-order valence-corrected chi connectivity index (χ1v) is 13.1. The van der Waals surface area contributed by atoms with Crippen molar-refractivity contribution in [3.8, 4) is 45.6 Å². The second-order valence-electron chi connectivity index (χ2n) is 9.91. The van der Waals surface area contributed by atoms with Gasteiger partial charge in [0.1, 0.15) is 28.4 Å². The Bertz CT molecular complexity index is 2410. The van der Waals surface area contributed by atoms with Crippen molar-refractivity contribution in [3.05, 3.63) is 96.8 Å². The Morgan fingerprint density at radius 1 is 0.405 bits per heavy atom. The normalized spacial score (nSPS) is 11.7. The molecule has 0 unspecified atom stereocenters. The first kappa shape index (κ1) is 24.6. The first-order chi connectivity index (χ1) is 20.2. The van der Waals surface area contributed by atoms with Crippen molar-refractivity contribution < 1.29 is 23.9 Å². The summed E-state index contributed by atoms with van der Waals surface area (Å²) >= 11 is 0. The van der Waals surface area contributed by atoms with E-state index in [4.69, 9.17) is 29.9 Å². The van der Waals surface area contributed by atoms with Crippen molar-refractivity contribution in [1.29, 1.82) is 0 Å². The number of fused-ring (bicyclic) bond motifs is 20. The van der Waals surface area contributed by atoms with Crippen molar-refractivity contribution in [1.82, 2.24) is 39.9 Å². The van der Waals surface area contributed by atoms with Crippen LogP contribution in [0.2, 0.25) is 0 Å². The van der Waals surface area contributed by atoms with Crippen LogP contribution < -0.4 is 0 Å². The summed E-state index contributed by atoms with van der Waals surface area (Å²) in [6.07, 6.45) is 0. The van der Waals surface area contributed by atoms with Gasteiger partial charge in [-0.2, -0.15) is 0 Å². The molecule has 8 bridgehead atoms. The first-order valence-electron chi connectivity index (χ1n) is 13.1. The standard InChI is InChI=1S/C32H17FN8.Zn/c33-23-15-7-14-22-24(23)32-40-30-21-13-6-5-12-20(21)28(38-30)36-26-17-9-2-1-8-16(17)25(34-26)35-27-18-10-3-4-11-19(18)29(37-27)39-31(22)41-32;/h1-15H,(H2,34,35,36,37,38,39,40,41);. The molecule has 42 heavy (non-hydrogen) atoms. The molecule has 4 aromatic carbocycles. The summed E-state index contributed by atoms with van der Waals surface area (Å²) in [6, 6.07) is 28.4. The topological polar surface area (TPSA) is 109 Å². The molecule has 7 aromatic rings. The zero-order chi connectivity index (χ0) is 27.1. The molecule has 0 radical (unpaired) electrons. The minimum absolute atomic E-state index is 0. The molecule has 2 aliphatic rings. The molecule has 2 N–H and O–H groups in total. The summed E-state index contributed by atoms with van der Waals surface area (Å²) in [5.41, 5.74) is 5.37. The SMILES string of the molecule is Fc1cccc2c3nc4nc(nc5[nH]c(nc6nc(nc([nH]3)c12)-c1ccccc1-6)c1ccccc51)-c1ccccc1-4.[Zn]. The van der Waals surface area contributed by atoms with E-state index in [-0.39, 0.29) is 19.5 Å². The zero-order valence-electron chi connectivity index (χ0n) is 21.9. The van der Waals surface area contributed by atoms with Gasteiger partial charge >= 0.3 is 0 Å². The van der Waals surface area contributed by atoms with Gasteiger partial charge in [-0.25, -0.2) is 34.3 Å². The molecule has 0 saturated heterocycles. The Morgan fingerprint density at radius 3 is 1.29 bits per heavy atom. The van der Waals surface area contributed by atoms with E-state index >= 15 is 4.39 Å². The van der Waals surface area contributed by atoms with Gasteiger partial charge in [-0.3, -0.25) is 0 Å². The average Bonchev–Trinajstić information content (AvgIpc) is 3.73. The molecule has 5 heterocycles. The fourth-order valence-corrected chi connectivity index (χ4v) is 5.65. The van der Waals surface area contributed by atoms with Crippen LogP contribution in [0.3, 0.4) is 0 Å². The van der Waals surface area contributed by atoms with Crippen LogP contribution in [0, 0.1) is 5.82 Å². The Hall–Kier alpha value is -5.21. The number of hydrogen-bond donors (Lipinski definition) is 2. The van der Waals surface area contributed by atoms with Crippen molar-refractivity contribution in [2.24, 2.45) is 0 Å². The number of aromatic amines is 2. The van der Waals surface area contributed by atoms with Crippen LogP contribution in [-0.4, -0.2) is 39.9 Å². The molecule has 194 valence electrons. The number of halogens is 1. The van der Waals surface area contributed by atoms with Gasteiger partial charge in [-0.05, 0) is 6.07 Å². The number of benzene rings is 4. The maximum absolute atomic E-state index is 15.3. The summed E-state index contributed by atoms with van der Waals surface area (Å²) in [5, 5.41) is 2.75. The van der Waals surface area contributed by atoms with Crippen LogP contribution in [0.5, 0.6) is 0 Å². The second-order valence-corrected chi connectivity index (χ2v) is 9.91. The molecule has 2 aliphatic heterocycles. The van der Waals surface area contributed by atoms with E-state index in [0.717, 1.165) is 33.0 Å². The summed E-state index contributed by atoms with van der Waals surface area (Å²) < 4.78 is 15.3. The Kier molecular flexibility index (Phi) is 5.36. The molecule has 0 saturated carbocycles. The molecule has 0 spiro atoms. The van der Waals surface area contributed by atoms with Crippen molar-refractivity contribution in [2.45, 2.75) is 0 Å². The molecule has 10 heteroatoms. The van der Waals surface area contributed by atoms with Gasteiger partial charge in [-0.15, -0.1) is 0 Å². The minimum Gasteiger partial charge on any atom is -0.324 e. The van der Waals surface area contributed by atoms with E-state index in [1.165, 1.54) is 6.07 Å². The van der Waals surface area contributed by atoms with E-state index < -0.39 is 5.82 Å².